The van der Waals surface area contributed by atoms with Gasteiger partial charge in [-0.15, -0.1) is 0 Å². The number of rotatable bonds is 5. The van der Waals surface area contributed by atoms with Gasteiger partial charge >= 0.3 is 0 Å². The van der Waals surface area contributed by atoms with Crippen molar-refractivity contribution >= 4 is 5.91 Å². The molecule has 0 N–H and O–H groups in total. The zero-order valence-electron chi connectivity index (χ0n) is 14.8. The molecule has 0 aromatic heterocycles. The summed E-state index contributed by atoms with van der Waals surface area (Å²) in [5, 5.41) is 0. The van der Waals surface area contributed by atoms with E-state index in [-0.39, 0.29) is 18.1 Å². The first-order valence-corrected chi connectivity index (χ1v) is 8.88. The van der Waals surface area contributed by atoms with Crippen LogP contribution >= 0.6 is 0 Å². The number of hydrogen-bond acceptors (Lipinski definition) is 3. The summed E-state index contributed by atoms with van der Waals surface area (Å²) in [6, 6.07) is 10.1. The van der Waals surface area contributed by atoms with Gasteiger partial charge in [-0.2, -0.15) is 0 Å². The molecule has 4 nitrogen and oxygen atoms in total. The Morgan fingerprint density at radius 2 is 2.04 bits per heavy atom. The van der Waals surface area contributed by atoms with Crippen molar-refractivity contribution in [2.45, 2.75) is 64.5 Å². The minimum Gasteiger partial charge on any atom is -0.348 e. The SMILES string of the molecule is CCCC/C=C1\C(=O)N(Cc2ccccc2)[C@H]2COC(C)(C)O[C@@H]12. The molecule has 0 radical (unpaired) electrons. The number of carbonyl (C=O) groups excluding carboxylic acids is 1. The molecule has 2 heterocycles. The Kier molecular flexibility index (Phi) is 5.07. The van der Waals surface area contributed by atoms with Gasteiger partial charge in [-0.1, -0.05) is 56.2 Å². The van der Waals surface area contributed by atoms with Crippen LogP contribution in [0.2, 0.25) is 0 Å². The first-order chi connectivity index (χ1) is 11.5. The third-order valence-electron chi connectivity index (χ3n) is 4.69. The molecule has 4 heteroatoms. The van der Waals surface area contributed by atoms with Crippen LogP contribution in [0.25, 0.3) is 0 Å². The highest BCUT2D eigenvalue weighted by molar-refractivity contribution is 5.97. The molecular formula is C20H27NO3. The zero-order valence-corrected chi connectivity index (χ0v) is 14.8. The molecule has 0 aliphatic carbocycles. The summed E-state index contributed by atoms with van der Waals surface area (Å²) in [7, 11) is 0. The molecule has 2 fully saturated rings. The van der Waals surface area contributed by atoms with Gasteiger partial charge in [0.15, 0.2) is 5.79 Å². The van der Waals surface area contributed by atoms with Crippen LogP contribution in [0.3, 0.4) is 0 Å². The highest BCUT2D eigenvalue weighted by Crippen LogP contribution is 2.36. The normalized spacial score (nSPS) is 27.5. The van der Waals surface area contributed by atoms with E-state index in [1.54, 1.807) is 0 Å². The van der Waals surface area contributed by atoms with E-state index in [1.807, 2.05) is 36.9 Å². The van der Waals surface area contributed by atoms with E-state index in [1.165, 1.54) is 0 Å². The lowest BCUT2D eigenvalue weighted by Crippen LogP contribution is -2.51. The van der Waals surface area contributed by atoms with Gasteiger partial charge in [-0.25, -0.2) is 0 Å². The fraction of sp³-hybridized carbons (Fsp3) is 0.550. The van der Waals surface area contributed by atoms with Crippen molar-refractivity contribution < 1.29 is 14.3 Å². The van der Waals surface area contributed by atoms with Crippen LogP contribution in [0, 0.1) is 0 Å². The van der Waals surface area contributed by atoms with Crippen LogP contribution in [-0.4, -0.2) is 35.3 Å². The van der Waals surface area contributed by atoms with Crippen LogP contribution < -0.4 is 0 Å². The average molecular weight is 329 g/mol. The molecule has 0 saturated carbocycles. The van der Waals surface area contributed by atoms with Crippen molar-refractivity contribution in [2.75, 3.05) is 6.61 Å². The van der Waals surface area contributed by atoms with E-state index in [9.17, 15) is 4.79 Å². The lowest BCUT2D eigenvalue weighted by Gasteiger charge is -2.40. The van der Waals surface area contributed by atoms with Crippen LogP contribution in [0.1, 0.15) is 45.6 Å². The van der Waals surface area contributed by atoms with E-state index in [4.69, 9.17) is 9.47 Å². The van der Waals surface area contributed by atoms with E-state index >= 15 is 0 Å². The molecular weight excluding hydrogens is 302 g/mol. The van der Waals surface area contributed by atoms with Crippen molar-refractivity contribution in [3.05, 3.63) is 47.5 Å². The summed E-state index contributed by atoms with van der Waals surface area (Å²) in [6.07, 6.45) is 5.02. The Hall–Kier alpha value is -1.65. The summed E-state index contributed by atoms with van der Waals surface area (Å²) in [4.78, 5) is 14.9. The second kappa shape index (κ2) is 7.08. The number of nitrogens with zero attached hydrogens (tertiary/aromatic N) is 1. The largest absolute Gasteiger partial charge is 0.348 e. The number of ether oxygens (including phenoxy) is 2. The maximum absolute atomic E-state index is 13.0. The van der Waals surface area contributed by atoms with Crippen molar-refractivity contribution in [1.82, 2.24) is 4.90 Å². The predicted molar refractivity (Wildman–Crippen MR) is 93.3 cm³/mol. The molecule has 0 spiro atoms. The fourth-order valence-electron chi connectivity index (χ4n) is 3.39. The number of fused-ring (bicyclic) bond motifs is 1. The lowest BCUT2D eigenvalue weighted by molar-refractivity contribution is -0.277. The van der Waals surface area contributed by atoms with Crippen molar-refractivity contribution in [1.29, 1.82) is 0 Å². The zero-order chi connectivity index (χ0) is 17.2. The molecule has 2 atom stereocenters. The third kappa shape index (κ3) is 3.55. The molecule has 1 aromatic carbocycles. The second-order valence-electron chi connectivity index (χ2n) is 7.04. The minimum absolute atomic E-state index is 0.0430. The van der Waals surface area contributed by atoms with Crippen LogP contribution in [0.15, 0.2) is 42.0 Å². The van der Waals surface area contributed by atoms with Crippen LogP contribution in [-0.2, 0) is 20.8 Å². The van der Waals surface area contributed by atoms with Gasteiger partial charge in [0.2, 0.25) is 0 Å². The number of unbranched alkanes of at least 4 members (excludes halogenated alkanes) is 2. The van der Waals surface area contributed by atoms with E-state index < -0.39 is 5.79 Å². The fourth-order valence-corrected chi connectivity index (χ4v) is 3.39. The summed E-state index contributed by atoms with van der Waals surface area (Å²) >= 11 is 0. The number of carbonyl (C=O) groups is 1. The Morgan fingerprint density at radius 1 is 1.29 bits per heavy atom. The molecule has 0 bridgehead atoms. The Bertz CT molecular complexity index is 609. The molecule has 24 heavy (non-hydrogen) atoms. The molecule has 3 rings (SSSR count). The van der Waals surface area contributed by atoms with Crippen LogP contribution in [0.5, 0.6) is 0 Å². The third-order valence-corrected chi connectivity index (χ3v) is 4.69. The quantitative estimate of drug-likeness (QED) is 0.611. The maximum atomic E-state index is 13.0. The van der Waals surface area contributed by atoms with Gasteiger partial charge in [-0.05, 0) is 25.8 Å². The average Bonchev–Trinajstić information content (AvgIpc) is 2.80. The first-order valence-electron chi connectivity index (χ1n) is 8.88. The topological polar surface area (TPSA) is 38.8 Å². The maximum Gasteiger partial charge on any atom is 0.252 e. The summed E-state index contributed by atoms with van der Waals surface area (Å²) in [5.41, 5.74) is 1.94. The number of likely N-dealkylation sites (tertiary alicyclic amines) is 1. The number of hydrogen-bond donors (Lipinski definition) is 0. The standard InChI is InChI=1S/C20H27NO3/c1-4-5-7-12-16-18-17(14-23-20(2,3)24-18)21(19(16)22)13-15-10-8-6-9-11-15/h6,8-12,17-18H,4-5,7,13-14H2,1-3H3/b16-12-/t17-,18-/m0/s1. The highest BCUT2D eigenvalue weighted by Gasteiger charge is 2.50. The van der Waals surface area contributed by atoms with Gasteiger partial charge in [-0.3, -0.25) is 4.79 Å². The van der Waals surface area contributed by atoms with Crippen molar-refractivity contribution in [3.8, 4) is 0 Å². The number of benzene rings is 1. The van der Waals surface area contributed by atoms with Gasteiger partial charge in [0.05, 0.1) is 12.6 Å². The van der Waals surface area contributed by atoms with Gasteiger partial charge in [0.25, 0.3) is 5.91 Å². The van der Waals surface area contributed by atoms with Gasteiger partial charge in [0, 0.05) is 12.1 Å². The van der Waals surface area contributed by atoms with Crippen LogP contribution in [0.4, 0.5) is 0 Å². The molecule has 2 aliphatic rings. The van der Waals surface area contributed by atoms with Gasteiger partial charge < -0.3 is 14.4 Å². The molecule has 2 saturated heterocycles. The summed E-state index contributed by atoms with van der Waals surface area (Å²) < 4.78 is 12.0. The van der Waals surface area contributed by atoms with E-state index in [2.05, 4.69) is 25.1 Å². The Balaban J connectivity index is 1.85. The molecule has 0 unspecified atom stereocenters. The number of amides is 1. The molecule has 1 aromatic rings. The summed E-state index contributed by atoms with van der Waals surface area (Å²) in [5.74, 6) is -0.556. The molecule has 2 aliphatic heterocycles. The Morgan fingerprint density at radius 3 is 2.75 bits per heavy atom. The highest BCUT2D eigenvalue weighted by atomic mass is 16.7. The second-order valence-corrected chi connectivity index (χ2v) is 7.04. The monoisotopic (exact) mass is 329 g/mol. The van der Waals surface area contributed by atoms with Crippen molar-refractivity contribution in [2.24, 2.45) is 0 Å². The Labute approximate surface area is 144 Å². The predicted octanol–water partition coefficient (Wildman–Crippen LogP) is 3.67. The van der Waals surface area contributed by atoms with E-state index in [0.717, 1.165) is 30.4 Å². The summed E-state index contributed by atoms with van der Waals surface area (Å²) in [6.45, 7) is 7.10. The smallest absolute Gasteiger partial charge is 0.252 e. The van der Waals surface area contributed by atoms with E-state index in [0.29, 0.717) is 13.2 Å². The van der Waals surface area contributed by atoms with Crippen molar-refractivity contribution in [3.63, 3.8) is 0 Å². The molecule has 1 amide bonds. The van der Waals surface area contributed by atoms with Gasteiger partial charge in [0.1, 0.15) is 6.10 Å². The lowest BCUT2D eigenvalue weighted by atomic mass is 10.0. The molecule has 130 valence electrons. The first kappa shape index (κ1) is 17.2. The number of allylic oxidation sites excluding steroid dienone is 1. The minimum atomic E-state index is -0.645.